The lowest BCUT2D eigenvalue weighted by Crippen LogP contribution is -1.75. The molecule has 6 aromatic rings. The van der Waals surface area contributed by atoms with Crippen LogP contribution in [0.2, 0.25) is 0 Å². The van der Waals surface area contributed by atoms with Crippen molar-refractivity contribution < 1.29 is 0 Å². The standard InChI is InChI=1S/C24H20S6/c1-9-7-25-17-11(3)19(27-15(9)17)21-13(5)23-24(29-21)14(6)22(30-23)20-12(4)18-16(28-20)10(2)8-26-18/h7-8H,1-6H3. The highest BCUT2D eigenvalue weighted by Crippen LogP contribution is 2.54. The van der Waals surface area contributed by atoms with Gasteiger partial charge in [-0.25, -0.2) is 0 Å². The summed E-state index contributed by atoms with van der Waals surface area (Å²) in [6.07, 6.45) is 0. The summed E-state index contributed by atoms with van der Waals surface area (Å²) in [6.45, 7) is 13.8. The average Bonchev–Trinajstić information content (AvgIpc) is 3.51. The third-order valence-corrected chi connectivity index (χ3v) is 14.8. The molecule has 0 atom stereocenters. The van der Waals surface area contributed by atoms with Gasteiger partial charge < -0.3 is 0 Å². The van der Waals surface area contributed by atoms with Crippen LogP contribution in [0.4, 0.5) is 0 Å². The van der Waals surface area contributed by atoms with Crippen LogP contribution in [-0.2, 0) is 0 Å². The first-order chi connectivity index (χ1) is 14.4. The molecule has 0 bridgehead atoms. The summed E-state index contributed by atoms with van der Waals surface area (Å²) in [5.74, 6) is 0. The van der Waals surface area contributed by atoms with E-state index in [2.05, 4.69) is 52.3 Å². The summed E-state index contributed by atoms with van der Waals surface area (Å²) < 4.78 is 8.89. The van der Waals surface area contributed by atoms with Crippen LogP contribution >= 0.6 is 68.0 Å². The second kappa shape index (κ2) is 6.74. The molecule has 6 aromatic heterocycles. The Morgan fingerprint density at radius 1 is 0.400 bits per heavy atom. The molecule has 0 aliphatic rings. The number of thiophene rings is 6. The van der Waals surface area contributed by atoms with Crippen LogP contribution in [0, 0.1) is 41.5 Å². The Hall–Kier alpha value is -1.02. The van der Waals surface area contributed by atoms with E-state index in [4.69, 9.17) is 0 Å². The van der Waals surface area contributed by atoms with Gasteiger partial charge in [-0.05, 0) is 85.7 Å². The molecule has 0 saturated heterocycles. The highest BCUT2D eigenvalue weighted by atomic mass is 32.1. The van der Waals surface area contributed by atoms with Crippen molar-refractivity contribution in [3.63, 3.8) is 0 Å². The van der Waals surface area contributed by atoms with Crippen LogP contribution in [-0.4, -0.2) is 0 Å². The third kappa shape index (κ3) is 2.52. The SMILES string of the molecule is Cc1csc2c(C)c(-c3sc4c(C)c(-c5sc6c(C)csc6c5C)sc4c3C)sc12. The summed E-state index contributed by atoms with van der Waals surface area (Å²) in [4.78, 5) is 5.93. The van der Waals surface area contributed by atoms with Crippen molar-refractivity contribution in [3.8, 4) is 19.5 Å². The molecule has 0 fully saturated rings. The minimum atomic E-state index is 1.42. The molecule has 0 N–H and O–H groups in total. The topological polar surface area (TPSA) is 0 Å². The van der Waals surface area contributed by atoms with Crippen LogP contribution in [0.15, 0.2) is 10.8 Å². The molecule has 0 nitrogen and oxygen atoms in total. The highest BCUT2D eigenvalue weighted by Gasteiger charge is 2.24. The van der Waals surface area contributed by atoms with Crippen molar-refractivity contribution in [1.29, 1.82) is 0 Å². The van der Waals surface area contributed by atoms with Crippen LogP contribution < -0.4 is 0 Å². The first-order valence-corrected chi connectivity index (χ1v) is 14.9. The van der Waals surface area contributed by atoms with Gasteiger partial charge in [-0.1, -0.05) is 0 Å². The zero-order valence-corrected chi connectivity index (χ0v) is 22.5. The van der Waals surface area contributed by atoms with Crippen LogP contribution in [0.25, 0.3) is 47.7 Å². The number of hydrogen-bond donors (Lipinski definition) is 0. The lowest BCUT2D eigenvalue weighted by atomic mass is 10.1. The predicted molar refractivity (Wildman–Crippen MR) is 146 cm³/mol. The molecular weight excluding hydrogens is 481 g/mol. The molecule has 0 aliphatic carbocycles. The molecule has 0 amide bonds. The summed E-state index contributed by atoms with van der Waals surface area (Å²) in [5.41, 5.74) is 8.72. The number of aryl methyl sites for hydroxylation is 6. The van der Waals surface area contributed by atoms with Gasteiger partial charge in [0.1, 0.15) is 0 Å². The van der Waals surface area contributed by atoms with E-state index < -0.39 is 0 Å². The maximum Gasteiger partial charge on any atom is 0.0496 e. The minimum Gasteiger partial charge on any atom is -0.142 e. The second-order valence-electron chi connectivity index (χ2n) is 8.04. The zero-order valence-electron chi connectivity index (χ0n) is 17.6. The molecule has 0 radical (unpaired) electrons. The Balaban J connectivity index is 1.56. The van der Waals surface area contributed by atoms with E-state index in [0.29, 0.717) is 0 Å². The Morgan fingerprint density at radius 2 is 0.700 bits per heavy atom. The van der Waals surface area contributed by atoms with Gasteiger partial charge in [0.25, 0.3) is 0 Å². The van der Waals surface area contributed by atoms with Gasteiger partial charge in [-0.15, -0.1) is 68.0 Å². The van der Waals surface area contributed by atoms with Crippen molar-refractivity contribution in [2.24, 2.45) is 0 Å². The lowest BCUT2D eigenvalue weighted by Gasteiger charge is -2.01. The monoisotopic (exact) mass is 500 g/mol. The van der Waals surface area contributed by atoms with E-state index in [1.165, 1.54) is 81.1 Å². The van der Waals surface area contributed by atoms with Gasteiger partial charge in [-0.2, -0.15) is 0 Å². The summed E-state index contributed by atoms with van der Waals surface area (Å²) in [5, 5.41) is 4.59. The maximum absolute atomic E-state index is 2.33. The Kier molecular flexibility index (Phi) is 4.41. The van der Waals surface area contributed by atoms with Crippen molar-refractivity contribution in [2.45, 2.75) is 41.5 Å². The highest BCUT2D eigenvalue weighted by molar-refractivity contribution is 7.36. The van der Waals surface area contributed by atoms with Crippen LogP contribution in [0.1, 0.15) is 33.4 Å². The maximum atomic E-state index is 2.33. The van der Waals surface area contributed by atoms with Gasteiger partial charge in [0.2, 0.25) is 0 Å². The molecule has 0 unspecified atom stereocenters. The van der Waals surface area contributed by atoms with Crippen molar-refractivity contribution in [3.05, 3.63) is 44.1 Å². The molecule has 0 aliphatic heterocycles. The molecule has 6 heteroatoms. The van der Waals surface area contributed by atoms with E-state index in [1.54, 1.807) is 0 Å². The van der Waals surface area contributed by atoms with E-state index in [-0.39, 0.29) is 0 Å². The summed E-state index contributed by atoms with van der Waals surface area (Å²) >= 11 is 11.8. The van der Waals surface area contributed by atoms with E-state index in [1.807, 2.05) is 68.0 Å². The fourth-order valence-corrected chi connectivity index (χ4v) is 12.6. The van der Waals surface area contributed by atoms with Gasteiger partial charge >= 0.3 is 0 Å². The first kappa shape index (κ1) is 19.6. The fraction of sp³-hybridized carbons (Fsp3) is 0.250. The average molecular weight is 501 g/mol. The van der Waals surface area contributed by atoms with E-state index in [9.17, 15) is 0 Å². The lowest BCUT2D eigenvalue weighted by molar-refractivity contribution is 1.56. The van der Waals surface area contributed by atoms with Gasteiger partial charge in [0.05, 0.1) is 0 Å². The molecule has 6 heterocycles. The van der Waals surface area contributed by atoms with Crippen LogP contribution in [0.5, 0.6) is 0 Å². The Bertz CT molecular complexity index is 1480. The predicted octanol–water partition coefficient (Wildman–Crippen LogP) is 10.7. The quantitative estimate of drug-likeness (QED) is 0.222. The van der Waals surface area contributed by atoms with Gasteiger partial charge in [0.15, 0.2) is 0 Å². The second-order valence-corrected chi connectivity index (χ2v) is 13.9. The molecule has 152 valence electrons. The van der Waals surface area contributed by atoms with Crippen molar-refractivity contribution in [1.82, 2.24) is 0 Å². The largest absolute Gasteiger partial charge is 0.142 e. The molecule has 6 rings (SSSR count). The fourth-order valence-electron chi connectivity index (χ4n) is 4.22. The molecule has 30 heavy (non-hydrogen) atoms. The third-order valence-electron chi connectivity index (χ3n) is 6.00. The Morgan fingerprint density at radius 3 is 1.03 bits per heavy atom. The van der Waals surface area contributed by atoms with Gasteiger partial charge in [-0.3, -0.25) is 0 Å². The molecule has 0 aromatic carbocycles. The Labute approximate surface area is 200 Å². The van der Waals surface area contributed by atoms with Crippen LogP contribution in [0.3, 0.4) is 0 Å². The number of hydrogen-bond acceptors (Lipinski definition) is 6. The number of fused-ring (bicyclic) bond motifs is 3. The van der Waals surface area contributed by atoms with Gasteiger partial charge in [0, 0.05) is 47.7 Å². The minimum absolute atomic E-state index is 1.42. The summed E-state index contributed by atoms with van der Waals surface area (Å²) in [7, 11) is 0. The molecule has 0 saturated carbocycles. The molecular formula is C24H20S6. The summed E-state index contributed by atoms with van der Waals surface area (Å²) in [6, 6.07) is 0. The van der Waals surface area contributed by atoms with Crippen molar-refractivity contribution in [2.75, 3.05) is 0 Å². The van der Waals surface area contributed by atoms with Crippen molar-refractivity contribution >= 4 is 96.2 Å². The zero-order chi connectivity index (χ0) is 20.9. The van der Waals surface area contributed by atoms with E-state index >= 15 is 0 Å². The first-order valence-electron chi connectivity index (χ1n) is 9.84. The normalized spacial score (nSPS) is 12.3. The number of rotatable bonds is 2. The van der Waals surface area contributed by atoms with E-state index in [0.717, 1.165) is 0 Å². The smallest absolute Gasteiger partial charge is 0.0496 e. The molecule has 0 spiro atoms.